The molecule has 1 rings (SSSR count). The first-order valence-corrected chi connectivity index (χ1v) is 4.82. The molecule has 0 aliphatic heterocycles. The molecule has 0 aliphatic carbocycles. The molecule has 3 N–H and O–H groups in total. The quantitative estimate of drug-likeness (QED) is 0.330. The second kappa shape index (κ2) is 5.36. The molecular formula is C8H11N3O2S. The lowest BCUT2D eigenvalue weighted by molar-refractivity contribution is -0.125. The molecule has 0 aliphatic rings. The van der Waals surface area contributed by atoms with Gasteiger partial charge in [-0.25, -0.2) is 5.84 Å². The van der Waals surface area contributed by atoms with E-state index < -0.39 is 5.91 Å². The molecule has 1 aromatic heterocycles. The van der Waals surface area contributed by atoms with Gasteiger partial charge in [0.1, 0.15) is 0 Å². The molecule has 1 amide bonds. The Morgan fingerprint density at radius 3 is 3.14 bits per heavy atom. The number of nitrogens with one attached hydrogen (secondary N) is 1. The van der Waals surface area contributed by atoms with E-state index in [9.17, 15) is 4.79 Å². The summed E-state index contributed by atoms with van der Waals surface area (Å²) in [5.41, 5.74) is 2.68. The second-order valence-electron chi connectivity index (χ2n) is 2.49. The van der Waals surface area contributed by atoms with Gasteiger partial charge in [0.2, 0.25) is 0 Å². The van der Waals surface area contributed by atoms with Crippen molar-refractivity contribution in [3.63, 3.8) is 0 Å². The van der Waals surface area contributed by atoms with E-state index in [1.807, 2.05) is 29.9 Å². The summed E-state index contributed by atoms with van der Waals surface area (Å²) in [6, 6.07) is 3.85. The van der Waals surface area contributed by atoms with Crippen molar-refractivity contribution in [2.75, 3.05) is 6.61 Å². The number of hydrogen-bond donors (Lipinski definition) is 2. The average Bonchev–Trinajstić information content (AvgIpc) is 2.70. The Hall–Kier alpha value is -1.40. The smallest absolute Gasteiger partial charge is 0.274 e. The number of hydrazine groups is 1. The van der Waals surface area contributed by atoms with Crippen LogP contribution in [0.4, 0.5) is 0 Å². The van der Waals surface area contributed by atoms with Crippen molar-refractivity contribution in [1.29, 1.82) is 0 Å². The topological polar surface area (TPSA) is 76.7 Å². The normalized spacial score (nSPS) is 11.1. The molecule has 0 bridgehead atoms. The van der Waals surface area contributed by atoms with E-state index in [2.05, 4.69) is 5.16 Å². The van der Waals surface area contributed by atoms with E-state index in [-0.39, 0.29) is 6.61 Å². The molecule has 0 spiro atoms. The van der Waals surface area contributed by atoms with Gasteiger partial charge in [-0.1, -0.05) is 11.2 Å². The molecule has 0 saturated carbocycles. The van der Waals surface area contributed by atoms with Crippen molar-refractivity contribution in [3.8, 4) is 0 Å². The lowest BCUT2D eigenvalue weighted by Crippen LogP contribution is -2.32. The minimum Gasteiger partial charge on any atom is -0.385 e. The number of nitrogens with two attached hydrogens (primary N) is 1. The van der Waals surface area contributed by atoms with Crippen molar-refractivity contribution in [2.24, 2.45) is 11.0 Å². The van der Waals surface area contributed by atoms with Crippen LogP contribution in [-0.4, -0.2) is 18.2 Å². The minimum atomic E-state index is -0.410. The summed E-state index contributed by atoms with van der Waals surface area (Å²) in [7, 11) is 0. The third kappa shape index (κ3) is 3.15. The predicted octanol–water partition coefficient (Wildman–Crippen LogP) is 0.479. The number of oxime groups is 1. The first-order chi connectivity index (χ1) is 6.74. The fourth-order valence-corrected chi connectivity index (χ4v) is 1.43. The highest BCUT2D eigenvalue weighted by atomic mass is 32.1. The van der Waals surface area contributed by atoms with Gasteiger partial charge in [-0.2, -0.15) is 0 Å². The fourth-order valence-electron chi connectivity index (χ4n) is 0.759. The summed E-state index contributed by atoms with van der Waals surface area (Å²) in [5, 5.41) is 5.71. The van der Waals surface area contributed by atoms with E-state index in [1.54, 1.807) is 11.3 Å². The first-order valence-electron chi connectivity index (χ1n) is 3.94. The number of rotatable bonds is 4. The van der Waals surface area contributed by atoms with Crippen molar-refractivity contribution < 1.29 is 9.63 Å². The molecular weight excluding hydrogens is 202 g/mol. The van der Waals surface area contributed by atoms with Gasteiger partial charge in [-0.3, -0.25) is 10.2 Å². The molecule has 6 heteroatoms. The molecule has 76 valence electrons. The Balaban J connectivity index is 2.42. The van der Waals surface area contributed by atoms with Gasteiger partial charge in [0.15, 0.2) is 6.61 Å². The van der Waals surface area contributed by atoms with E-state index in [0.29, 0.717) is 0 Å². The third-order valence-corrected chi connectivity index (χ3v) is 2.41. The van der Waals surface area contributed by atoms with Gasteiger partial charge >= 0.3 is 0 Å². The summed E-state index contributed by atoms with van der Waals surface area (Å²) in [6.45, 7) is 1.64. The highest BCUT2D eigenvalue weighted by Gasteiger charge is 2.00. The Bertz CT molecular complexity index is 321. The standard InChI is InChI=1S/C8H11N3O2S/c1-6(7-3-2-4-14-7)11-13-5-8(12)10-9/h2-4H,5,9H2,1H3,(H,10,12)/b11-6+. The van der Waals surface area contributed by atoms with Crippen molar-refractivity contribution >= 4 is 23.0 Å². The van der Waals surface area contributed by atoms with Crippen LogP contribution in [0.3, 0.4) is 0 Å². The maximum atomic E-state index is 10.7. The highest BCUT2D eigenvalue weighted by molar-refractivity contribution is 7.12. The van der Waals surface area contributed by atoms with Gasteiger partial charge in [0.25, 0.3) is 5.91 Å². The van der Waals surface area contributed by atoms with Crippen molar-refractivity contribution in [2.45, 2.75) is 6.92 Å². The molecule has 1 heterocycles. The Labute approximate surface area is 85.5 Å². The van der Waals surface area contributed by atoms with E-state index >= 15 is 0 Å². The average molecular weight is 213 g/mol. The van der Waals surface area contributed by atoms with E-state index in [0.717, 1.165) is 10.6 Å². The Morgan fingerprint density at radius 2 is 2.57 bits per heavy atom. The van der Waals surface area contributed by atoms with Crippen LogP contribution in [0, 0.1) is 0 Å². The molecule has 1 aromatic rings. The second-order valence-corrected chi connectivity index (χ2v) is 3.44. The molecule has 0 aromatic carbocycles. The predicted molar refractivity (Wildman–Crippen MR) is 54.8 cm³/mol. The monoisotopic (exact) mass is 213 g/mol. The number of thiophene rings is 1. The zero-order valence-electron chi connectivity index (χ0n) is 7.69. The summed E-state index contributed by atoms with van der Waals surface area (Å²) >= 11 is 1.56. The maximum absolute atomic E-state index is 10.7. The number of hydrogen-bond acceptors (Lipinski definition) is 5. The van der Waals surface area contributed by atoms with Crippen molar-refractivity contribution in [3.05, 3.63) is 22.4 Å². The van der Waals surface area contributed by atoms with Crippen LogP contribution in [0.5, 0.6) is 0 Å². The summed E-state index contributed by atoms with van der Waals surface area (Å²) in [6.07, 6.45) is 0. The maximum Gasteiger partial charge on any atom is 0.274 e. The zero-order valence-corrected chi connectivity index (χ0v) is 8.50. The number of carbonyl (C=O) groups is 1. The van der Waals surface area contributed by atoms with Crippen LogP contribution in [-0.2, 0) is 9.63 Å². The fraction of sp³-hybridized carbons (Fsp3) is 0.250. The van der Waals surface area contributed by atoms with Crippen molar-refractivity contribution in [1.82, 2.24) is 5.43 Å². The molecule has 0 radical (unpaired) electrons. The van der Waals surface area contributed by atoms with Crippen LogP contribution >= 0.6 is 11.3 Å². The van der Waals surface area contributed by atoms with Gasteiger partial charge in [0, 0.05) is 0 Å². The summed E-state index contributed by atoms with van der Waals surface area (Å²) in [5.74, 6) is 4.45. The third-order valence-electron chi connectivity index (χ3n) is 1.44. The Kier molecular flexibility index (Phi) is 4.09. The van der Waals surface area contributed by atoms with Gasteiger partial charge in [0.05, 0.1) is 10.6 Å². The van der Waals surface area contributed by atoms with E-state index in [1.165, 1.54) is 0 Å². The highest BCUT2D eigenvalue weighted by Crippen LogP contribution is 2.09. The molecule has 0 atom stereocenters. The lowest BCUT2D eigenvalue weighted by atomic mass is 10.3. The number of amides is 1. The van der Waals surface area contributed by atoms with Crippen LogP contribution in [0.2, 0.25) is 0 Å². The number of nitrogens with zero attached hydrogens (tertiary/aromatic N) is 1. The van der Waals surface area contributed by atoms with Gasteiger partial charge in [-0.15, -0.1) is 11.3 Å². The number of carbonyl (C=O) groups excluding carboxylic acids is 1. The van der Waals surface area contributed by atoms with Crippen LogP contribution in [0.1, 0.15) is 11.8 Å². The molecule has 0 fully saturated rings. The van der Waals surface area contributed by atoms with Gasteiger partial charge in [-0.05, 0) is 18.4 Å². The van der Waals surface area contributed by atoms with Crippen LogP contribution < -0.4 is 11.3 Å². The molecule has 0 unspecified atom stereocenters. The Morgan fingerprint density at radius 1 is 1.79 bits per heavy atom. The lowest BCUT2D eigenvalue weighted by Gasteiger charge is -1.99. The summed E-state index contributed by atoms with van der Waals surface area (Å²) < 4.78 is 0. The van der Waals surface area contributed by atoms with E-state index in [4.69, 9.17) is 10.7 Å². The molecule has 0 saturated heterocycles. The first kappa shape index (κ1) is 10.7. The molecule has 14 heavy (non-hydrogen) atoms. The van der Waals surface area contributed by atoms with Crippen LogP contribution in [0.25, 0.3) is 0 Å². The summed E-state index contributed by atoms with van der Waals surface area (Å²) in [4.78, 5) is 16.4. The minimum absolute atomic E-state index is 0.167. The SMILES string of the molecule is C/C(=N\OCC(=O)NN)c1cccs1. The largest absolute Gasteiger partial charge is 0.385 e. The zero-order chi connectivity index (χ0) is 10.4. The molecule has 5 nitrogen and oxygen atoms in total. The van der Waals surface area contributed by atoms with Crippen LogP contribution in [0.15, 0.2) is 22.7 Å². The van der Waals surface area contributed by atoms with Gasteiger partial charge < -0.3 is 4.84 Å².